The number of pyridine rings is 1. The first-order valence-electron chi connectivity index (χ1n) is 8.57. The van der Waals surface area contributed by atoms with E-state index in [-0.39, 0.29) is 12.0 Å². The van der Waals surface area contributed by atoms with Crippen LogP contribution in [0.3, 0.4) is 0 Å². The molecule has 4 nitrogen and oxygen atoms in total. The van der Waals surface area contributed by atoms with Crippen molar-refractivity contribution >= 4 is 34.9 Å². The van der Waals surface area contributed by atoms with Crippen LogP contribution in [0.1, 0.15) is 11.3 Å². The second-order valence-electron chi connectivity index (χ2n) is 6.24. The lowest BCUT2D eigenvalue weighted by molar-refractivity contribution is -0.116. The summed E-state index contributed by atoms with van der Waals surface area (Å²) in [6, 6.07) is 11.7. The smallest absolute Gasteiger partial charge is 0.244 e. The van der Waals surface area contributed by atoms with Gasteiger partial charge in [-0.25, -0.2) is 0 Å². The number of thiophene rings is 1. The highest BCUT2D eigenvalue weighted by atomic mass is 35.5. The number of hydrogen-bond acceptors (Lipinski definition) is 4. The minimum Gasteiger partial charge on any atom is -0.486 e. The van der Waals surface area contributed by atoms with Crippen LogP contribution < -0.4 is 10.1 Å². The second-order valence-corrected chi connectivity index (χ2v) is 7.42. The van der Waals surface area contributed by atoms with Crippen molar-refractivity contribution in [3.8, 4) is 16.9 Å². The number of ether oxygens (including phenoxy) is 1. The molecule has 4 rings (SSSR count). The third-order valence-corrected chi connectivity index (χ3v) is 5.27. The number of nitrogens with one attached hydrogen (secondary N) is 1. The zero-order valence-electron chi connectivity index (χ0n) is 14.4. The van der Waals surface area contributed by atoms with Crippen LogP contribution in [-0.2, 0) is 11.2 Å². The molecule has 6 heteroatoms. The normalized spacial score (nSPS) is 15.5. The van der Waals surface area contributed by atoms with Gasteiger partial charge in [0.1, 0.15) is 11.9 Å². The van der Waals surface area contributed by atoms with E-state index in [2.05, 4.69) is 27.8 Å². The van der Waals surface area contributed by atoms with E-state index in [1.165, 1.54) is 6.08 Å². The molecular formula is C21H17ClN2O2S. The molecule has 0 saturated heterocycles. The van der Waals surface area contributed by atoms with E-state index in [1.54, 1.807) is 23.6 Å². The van der Waals surface area contributed by atoms with E-state index in [0.29, 0.717) is 11.6 Å². The Morgan fingerprint density at radius 3 is 3.04 bits per heavy atom. The third kappa shape index (κ3) is 4.21. The summed E-state index contributed by atoms with van der Waals surface area (Å²) in [6.45, 7) is 0.421. The van der Waals surface area contributed by atoms with Crippen LogP contribution in [0, 0.1) is 0 Å². The number of nitrogens with zero attached hydrogens (tertiary/aromatic N) is 1. The molecule has 0 bridgehead atoms. The van der Waals surface area contributed by atoms with Crippen LogP contribution in [0.2, 0.25) is 5.02 Å². The van der Waals surface area contributed by atoms with Gasteiger partial charge in [-0.15, -0.1) is 0 Å². The molecular weight excluding hydrogens is 380 g/mol. The van der Waals surface area contributed by atoms with Crippen LogP contribution in [0.15, 0.2) is 59.4 Å². The highest BCUT2D eigenvalue weighted by Crippen LogP contribution is 2.39. The summed E-state index contributed by atoms with van der Waals surface area (Å²) in [5.74, 6) is 0.546. The largest absolute Gasteiger partial charge is 0.486 e. The van der Waals surface area contributed by atoms with Gasteiger partial charge in [0, 0.05) is 24.3 Å². The van der Waals surface area contributed by atoms with Gasteiger partial charge < -0.3 is 10.1 Å². The molecule has 2 aromatic heterocycles. The fourth-order valence-electron chi connectivity index (χ4n) is 3.01. The zero-order valence-corrected chi connectivity index (χ0v) is 16.0. The van der Waals surface area contributed by atoms with E-state index in [0.717, 1.165) is 34.6 Å². The highest BCUT2D eigenvalue weighted by Gasteiger charge is 2.26. The van der Waals surface area contributed by atoms with Crippen molar-refractivity contribution in [1.82, 2.24) is 10.3 Å². The molecule has 0 fully saturated rings. The summed E-state index contributed by atoms with van der Waals surface area (Å²) in [7, 11) is 0. The topological polar surface area (TPSA) is 51.2 Å². The molecule has 0 radical (unpaired) electrons. The average molecular weight is 397 g/mol. The number of halogens is 1. The summed E-state index contributed by atoms with van der Waals surface area (Å²) in [4.78, 5) is 16.2. The first-order chi connectivity index (χ1) is 13.2. The number of hydrogen-bond donors (Lipinski definition) is 1. The Labute approximate surface area is 166 Å². The maximum Gasteiger partial charge on any atom is 0.244 e. The van der Waals surface area contributed by atoms with Gasteiger partial charge in [0.15, 0.2) is 0 Å². The van der Waals surface area contributed by atoms with Gasteiger partial charge in [-0.1, -0.05) is 17.7 Å². The monoisotopic (exact) mass is 396 g/mol. The molecule has 1 N–H and O–H groups in total. The van der Waals surface area contributed by atoms with Gasteiger partial charge in [-0.3, -0.25) is 9.78 Å². The van der Waals surface area contributed by atoms with Crippen molar-refractivity contribution in [2.45, 2.75) is 12.5 Å². The van der Waals surface area contributed by atoms with Crippen LogP contribution in [-0.4, -0.2) is 23.5 Å². The molecule has 27 heavy (non-hydrogen) atoms. The number of rotatable bonds is 5. The molecule has 3 aromatic rings. The number of fused-ring (bicyclic) bond motifs is 1. The Balaban J connectivity index is 1.37. The molecule has 136 valence electrons. The van der Waals surface area contributed by atoms with Crippen molar-refractivity contribution in [3.63, 3.8) is 0 Å². The minimum absolute atomic E-state index is 0.123. The Bertz CT molecular complexity index is 971. The Morgan fingerprint density at radius 2 is 2.26 bits per heavy atom. The van der Waals surface area contributed by atoms with Gasteiger partial charge in [0.2, 0.25) is 5.91 Å². The number of carbonyl (C=O) groups is 1. The van der Waals surface area contributed by atoms with Crippen LogP contribution in [0.4, 0.5) is 0 Å². The quantitative estimate of drug-likeness (QED) is 0.641. The van der Waals surface area contributed by atoms with E-state index in [1.807, 2.05) is 29.6 Å². The van der Waals surface area contributed by atoms with Gasteiger partial charge in [0.25, 0.3) is 0 Å². The van der Waals surface area contributed by atoms with Crippen LogP contribution in [0.25, 0.3) is 17.2 Å². The van der Waals surface area contributed by atoms with E-state index >= 15 is 0 Å². The van der Waals surface area contributed by atoms with E-state index in [9.17, 15) is 4.79 Å². The molecule has 3 heterocycles. The van der Waals surface area contributed by atoms with Gasteiger partial charge in [0.05, 0.1) is 17.3 Å². The van der Waals surface area contributed by atoms with E-state index in [4.69, 9.17) is 16.3 Å². The third-order valence-electron chi connectivity index (χ3n) is 4.30. The van der Waals surface area contributed by atoms with Gasteiger partial charge in [-0.2, -0.15) is 11.3 Å². The Hall–Kier alpha value is -2.63. The van der Waals surface area contributed by atoms with Crippen molar-refractivity contribution in [2.24, 2.45) is 0 Å². The minimum atomic E-state index is -0.176. The van der Waals surface area contributed by atoms with Crippen molar-refractivity contribution in [3.05, 3.63) is 75.7 Å². The molecule has 0 saturated carbocycles. The predicted octanol–water partition coefficient (Wildman–Crippen LogP) is 4.60. The summed E-state index contributed by atoms with van der Waals surface area (Å²) >= 11 is 8.07. The number of aromatic nitrogens is 1. The molecule has 1 aliphatic rings. The first kappa shape index (κ1) is 17.8. The molecule has 0 spiro atoms. The Morgan fingerprint density at radius 1 is 1.33 bits per heavy atom. The molecule has 1 aromatic carbocycles. The molecule has 1 atom stereocenters. The van der Waals surface area contributed by atoms with Gasteiger partial charge >= 0.3 is 0 Å². The number of amides is 1. The van der Waals surface area contributed by atoms with Crippen molar-refractivity contribution in [1.29, 1.82) is 0 Å². The molecule has 1 aliphatic heterocycles. The summed E-state index contributed by atoms with van der Waals surface area (Å²) in [5, 5.41) is 7.62. The fourth-order valence-corrected chi connectivity index (χ4v) is 3.95. The predicted molar refractivity (Wildman–Crippen MR) is 109 cm³/mol. The summed E-state index contributed by atoms with van der Waals surface area (Å²) in [5.41, 5.74) is 4.06. The standard InChI is InChI=1S/C21H17ClN2O2S/c22-19-11-15(14-6-8-27-13-14)9-16-10-18(26-21(16)19)12-24-20(25)5-4-17-3-1-2-7-23-17/h1-9,11,13,18H,10,12H2,(H,24,25). The van der Waals surface area contributed by atoms with E-state index < -0.39 is 0 Å². The van der Waals surface area contributed by atoms with Crippen LogP contribution >= 0.6 is 22.9 Å². The number of carbonyl (C=O) groups excluding carboxylic acids is 1. The van der Waals surface area contributed by atoms with Gasteiger partial charge in [-0.05, 0) is 58.3 Å². The van der Waals surface area contributed by atoms with Crippen molar-refractivity contribution in [2.75, 3.05) is 6.54 Å². The fraction of sp³-hybridized carbons (Fsp3) is 0.143. The molecule has 1 amide bonds. The first-order valence-corrected chi connectivity index (χ1v) is 9.90. The lowest BCUT2D eigenvalue weighted by Gasteiger charge is -2.11. The average Bonchev–Trinajstić information content (AvgIpc) is 3.35. The van der Waals surface area contributed by atoms with Crippen molar-refractivity contribution < 1.29 is 9.53 Å². The maximum absolute atomic E-state index is 12.0. The lowest BCUT2D eigenvalue weighted by Crippen LogP contribution is -2.33. The summed E-state index contributed by atoms with van der Waals surface area (Å²) < 4.78 is 5.94. The van der Waals surface area contributed by atoms with Crippen LogP contribution in [0.5, 0.6) is 5.75 Å². The Kier molecular flexibility index (Phi) is 5.23. The molecule has 1 unspecified atom stereocenters. The number of benzene rings is 1. The highest BCUT2D eigenvalue weighted by molar-refractivity contribution is 7.08. The SMILES string of the molecule is O=C(C=Cc1ccccn1)NCC1Cc2cc(-c3ccsc3)cc(Cl)c2O1. The maximum atomic E-state index is 12.0. The lowest BCUT2D eigenvalue weighted by atomic mass is 10.0. The zero-order chi connectivity index (χ0) is 18.6. The molecule has 0 aliphatic carbocycles. The second kappa shape index (κ2) is 7.94. The summed E-state index contributed by atoms with van der Waals surface area (Å²) in [6.07, 6.45) is 5.45.